The fourth-order valence-electron chi connectivity index (χ4n) is 4.25. The first-order valence-corrected chi connectivity index (χ1v) is 13.0. The van der Waals surface area contributed by atoms with E-state index in [1.165, 1.54) is 0 Å². The molecular weight excluding hydrogens is 516 g/mol. The Morgan fingerprint density at radius 2 is 1.68 bits per heavy atom. The fraction of sp³-hybridized carbons (Fsp3) is 0.357. The number of aldehydes is 1. The molecule has 40 heavy (non-hydrogen) atoms. The normalized spacial score (nSPS) is 15.9. The van der Waals surface area contributed by atoms with Gasteiger partial charge in [-0.3, -0.25) is 19.4 Å². The summed E-state index contributed by atoms with van der Waals surface area (Å²) in [6.45, 7) is 0.228. The summed E-state index contributed by atoms with van der Waals surface area (Å²) in [6.07, 6.45) is 0.602. The molecule has 0 radical (unpaired) electrons. The van der Waals surface area contributed by atoms with Gasteiger partial charge >= 0.3 is 6.09 Å². The van der Waals surface area contributed by atoms with Crippen LogP contribution in [-0.2, 0) is 36.9 Å². The Balaban J connectivity index is 1.68. The van der Waals surface area contributed by atoms with Crippen LogP contribution in [-0.4, -0.2) is 65.6 Å². The maximum absolute atomic E-state index is 13.3. The molecule has 0 saturated carbocycles. The molecule has 0 aromatic heterocycles. The van der Waals surface area contributed by atoms with E-state index in [-0.39, 0.29) is 38.2 Å². The average Bonchev–Trinajstić information content (AvgIpc) is 3.35. The summed E-state index contributed by atoms with van der Waals surface area (Å²) in [6, 6.07) is 14.9. The highest BCUT2D eigenvalue weighted by atomic mass is 16.6. The number of likely N-dealkylation sites (tertiary alicyclic amines) is 1. The lowest BCUT2D eigenvalue weighted by Gasteiger charge is -2.25. The first-order valence-electron chi connectivity index (χ1n) is 13.0. The van der Waals surface area contributed by atoms with Gasteiger partial charge in [0.1, 0.15) is 25.0 Å². The predicted molar refractivity (Wildman–Crippen MR) is 146 cm³/mol. The average molecular weight is 551 g/mol. The van der Waals surface area contributed by atoms with E-state index in [1.807, 2.05) is 12.1 Å². The summed E-state index contributed by atoms with van der Waals surface area (Å²) in [5.41, 5.74) is 12.1. The number of carbonyl (C=O) groups excluding carboxylic acids is 5. The van der Waals surface area contributed by atoms with E-state index in [2.05, 4.69) is 15.6 Å². The van der Waals surface area contributed by atoms with Crippen LogP contribution in [0.15, 0.2) is 65.7 Å². The van der Waals surface area contributed by atoms with Crippen molar-refractivity contribution in [2.75, 3.05) is 6.54 Å². The van der Waals surface area contributed by atoms with Gasteiger partial charge in [-0.2, -0.15) is 0 Å². The molecule has 1 heterocycles. The molecule has 12 nitrogen and oxygen atoms in total. The number of hydrogen-bond donors (Lipinski definition) is 4. The number of carbonyl (C=O) groups is 5. The van der Waals surface area contributed by atoms with Crippen molar-refractivity contribution in [2.45, 2.75) is 56.8 Å². The molecule has 4 amide bonds. The molecule has 1 saturated heterocycles. The fourth-order valence-corrected chi connectivity index (χ4v) is 4.25. The molecule has 3 rings (SSSR count). The van der Waals surface area contributed by atoms with Crippen molar-refractivity contribution in [3.8, 4) is 0 Å². The maximum Gasteiger partial charge on any atom is 0.417 e. The monoisotopic (exact) mass is 550 g/mol. The second kappa shape index (κ2) is 15.0. The Bertz CT molecular complexity index is 1200. The molecule has 212 valence electrons. The minimum Gasteiger partial charge on any atom is -0.444 e. The van der Waals surface area contributed by atoms with Crippen molar-refractivity contribution in [3.05, 3.63) is 71.8 Å². The van der Waals surface area contributed by atoms with Crippen LogP contribution >= 0.6 is 0 Å². The first-order chi connectivity index (χ1) is 19.3. The zero-order valence-corrected chi connectivity index (χ0v) is 22.0. The molecule has 12 heteroatoms. The van der Waals surface area contributed by atoms with Crippen LogP contribution in [0.25, 0.3) is 0 Å². The molecule has 2 aromatic rings. The highest BCUT2D eigenvalue weighted by molar-refractivity contribution is 6.01. The topological polar surface area (TPSA) is 186 Å². The number of ether oxygens (including phenoxy) is 1. The number of hydrogen-bond acceptors (Lipinski definition) is 7. The molecule has 0 aliphatic carbocycles. The van der Waals surface area contributed by atoms with Gasteiger partial charge in [0.05, 0.1) is 6.04 Å². The third kappa shape index (κ3) is 8.93. The number of imide groups is 1. The van der Waals surface area contributed by atoms with Crippen LogP contribution < -0.4 is 22.1 Å². The van der Waals surface area contributed by atoms with Gasteiger partial charge in [0, 0.05) is 19.4 Å². The largest absolute Gasteiger partial charge is 0.444 e. The van der Waals surface area contributed by atoms with Gasteiger partial charge in [0.15, 0.2) is 5.96 Å². The van der Waals surface area contributed by atoms with Crippen LogP contribution in [0, 0.1) is 0 Å². The van der Waals surface area contributed by atoms with Gasteiger partial charge in [0.2, 0.25) is 17.7 Å². The maximum atomic E-state index is 13.3. The van der Waals surface area contributed by atoms with Crippen molar-refractivity contribution < 1.29 is 28.7 Å². The van der Waals surface area contributed by atoms with Crippen LogP contribution in [0.4, 0.5) is 4.79 Å². The number of nitrogens with one attached hydrogen (secondary N) is 2. The quantitative estimate of drug-likeness (QED) is 0.122. The summed E-state index contributed by atoms with van der Waals surface area (Å²) < 4.78 is 5.28. The molecular formula is C28H34N6O6. The summed E-state index contributed by atoms with van der Waals surface area (Å²) in [7, 11) is 0. The number of nitrogens with zero attached hydrogens (tertiary/aromatic N) is 2. The molecule has 1 aliphatic rings. The van der Waals surface area contributed by atoms with Crippen molar-refractivity contribution in [3.63, 3.8) is 0 Å². The van der Waals surface area contributed by atoms with E-state index in [1.54, 1.807) is 48.5 Å². The first kappa shape index (κ1) is 29.8. The van der Waals surface area contributed by atoms with E-state index in [9.17, 15) is 24.0 Å². The zero-order chi connectivity index (χ0) is 28.9. The molecule has 1 aliphatic heterocycles. The number of nitrogens with two attached hydrogens (primary N) is 2. The Morgan fingerprint density at radius 1 is 1.02 bits per heavy atom. The van der Waals surface area contributed by atoms with Crippen molar-refractivity contribution in [1.29, 1.82) is 0 Å². The summed E-state index contributed by atoms with van der Waals surface area (Å²) in [5.74, 6) is -1.86. The third-order valence-electron chi connectivity index (χ3n) is 6.29. The molecule has 0 bridgehead atoms. The highest BCUT2D eigenvalue weighted by Crippen LogP contribution is 2.21. The summed E-state index contributed by atoms with van der Waals surface area (Å²) in [4.78, 5) is 68.1. The van der Waals surface area contributed by atoms with E-state index >= 15 is 0 Å². The van der Waals surface area contributed by atoms with Gasteiger partial charge in [-0.05, 0) is 30.4 Å². The second-order valence-electron chi connectivity index (χ2n) is 9.31. The van der Waals surface area contributed by atoms with Gasteiger partial charge in [-0.1, -0.05) is 60.7 Å². The second-order valence-corrected chi connectivity index (χ2v) is 9.31. The Hall–Kier alpha value is -4.74. The number of guanidine groups is 1. The van der Waals surface area contributed by atoms with Gasteiger partial charge in [0.25, 0.3) is 0 Å². The number of benzene rings is 2. The van der Waals surface area contributed by atoms with Crippen molar-refractivity contribution in [1.82, 2.24) is 15.5 Å². The van der Waals surface area contributed by atoms with E-state index in [0.29, 0.717) is 19.3 Å². The number of aliphatic imine (C=N–C) groups is 1. The van der Waals surface area contributed by atoms with E-state index in [4.69, 9.17) is 16.2 Å². The Kier molecular flexibility index (Phi) is 11.2. The number of rotatable bonds is 13. The standard InChI is InChI=1S/C28H34N6O6/c29-27(30)31-15-7-12-21(17-35)32-25(37)22(16-19-8-3-1-4-9-19)33-26(38)23-13-14-24(36)34(23)28(39)40-18-20-10-5-2-6-11-20/h1-6,8-11,17,21-23H,7,12-16,18H2,(H,32,37)(H,33,38)(H4,29,30,31)/t21-,22-,23+/m0/s1. The SMILES string of the molecule is NC(N)=NCCC[C@@H](C=O)NC(=O)[C@H](Cc1ccccc1)NC(=O)[C@H]1CCC(=O)N1C(=O)OCc1ccccc1. The van der Waals surface area contributed by atoms with E-state index in [0.717, 1.165) is 16.0 Å². The zero-order valence-electron chi connectivity index (χ0n) is 22.0. The van der Waals surface area contributed by atoms with Gasteiger partial charge in [-0.15, -0.1) is 0 Å². The summed E-state index contributed by atoms with van der Waals surface area (Å²) in [5, 5.41) is 5.32. The molecule has 3 atom stereocenters. The van der Waals surface area contributed by atoms with Crippen LogP contribution in [0.3, 0.4) is 0 Å². The minimum atomic E-state index is -1.14. The summed E-state index contributed by atoms with van der Waals surface area (Å²) >= 11 is 0. The predicted octanol–water partition coefficient (Wildman–Crippen LogP) is 0.779. The lowest BCUT2D eigenvalue weighted by molar-refractivity contribution is -0.135. The Morgan fingerprint density at radius 3 is 2.30 bits per heavy atom. The number of amides is 4. The Labute approximate surface area is 232 Å². The van der Waals surface area contributed by atoms with E-state index < -0.39 is 41.9 Å². The van der Waals surface area contributed by atoms with Crippen molar-refractivity contribution in [2.24, 2.45) is 16.5 Å². The van der Waals surface area contributed by atoms with Gasteiger partial charge in [-0.25, -0.2) is 9.69 Å². The molecule has 2 aromatic carbocycles. The van der Waals surface area contributed by atoms with Gasteiger partial charge < -0.3 is 31.6 Å². The minimum absolute atomic E-state index is 0.0168. The van der Waals surface area contributed by atoms with Crippen LogP contribution in [0.5, 0.6) is 0 Å². The van der Waals surface area contributed by atoms with Crippen molar-refractivity contribution >= 4 is 36.1 Å². The third-order valence-corrected chi connectivity index (χ3v) is 6.29. The molecule has 6 N–H and O–H groups in total. The lowest BCUT2D eigenvalue weighted by Crippen LogP contribution is -2.55. The molecule has 0 unspecified atom stereocenters. The molecule has 1 fully saturated rings. The lowest BCUT2D eigenvalue weighted by atomic mass is 10.0. The molecule has 0 spiro atoms. The van der Waals surface area contributed by atoms with Crippen LogP contribution in [0.2, 0.25) is 0 Å². The van der Waals surface area contributed by atoms with Crippen LogP contribution in [0.1, 0.15) is 36.8 Å². The smallest absolute Gasteiger partial charge is 0.417 e. The highest BCUT2D eigenvalue weighted by Gasteiger charge is 2.42.